The van der Waals surface area contributed by atoms with Gasteiger partial charge in [0.25, 0.3) is 0 Å². The van der Waals surface area contributed by atoms with Gasteiger partial charge in [-0.3, -0.25) is 4.79 Å². The van der Waals surface area contributed by atoms with E-state index < -0.39 is 0 Å². The molecule has 0 spiro atoms. The lowest BCUT2D eigenvalue weighted by atomic mass is 10.0. The van der Waals surface area contributed by atoms with Crippen molar-refractivity contribution in [3.8, 4) is 0 Å². The van der Waals surface area contributed by atoms with Gasteiger partial charge < -0.3 is 16.0 Å². The van der Waals surface area contributed by atoms with Crippen LogP contribution in [-0.4, -0.2) is 20.4 Å². The van der Waals surface area contributed by atoms with E-state index in [1.807, 2.05) is 36.4 Å². The fraction of sp³-hybridized carbons (Fsp3) is 0.292. The summed E-state index contributed by atoms with van der Waals surface area (Å²) >= 11 is 0. The van der Waals surface area contributed by atoms with Crippen molar-refractivity contribution in [2.75, 3.05) is 5.73 Å². The van der Waals surface area contributed by atoms with Crippen molar-refractivity contribution in [2.24, 2.45) is 5.73 Å². The molecule has 154 valence electrons. The topological polar surface area (TPSA) is 99.8 Å². The van der Waals surface area contributed by atoms with Gasteiger partial charge in [-0.2, -0.15) is 0 Å². The number of hydrogen-bond acceptors (Lipinski definition) is 4. The molecule has 30 heavy (non-hydrogen) atoms. The van der Waals surface area contributed by atoms with Crippen molar-refractivity contribution in [1.29, 1.82) is 0 Å². The SMILES string of the molecule is CCCc1nc2c(N)nc3ccccc3c2n1CCCCc1ccccc1C(N)=O. The average molecular weight is 402 g/mol. The van der Waals surface area contributed by atoms with Gasteiger partial charge in [-0.25, -0.2) is 9.97 Å². The number of unbranched alkanes of at least 4 members (excludes halogenated alkanes) is 1. The number of aryl methyl sites for hydroxylation is 3. The number of amides is 1. The van der Waals surface area contributed by atoms with Crippen LogP contribution in [0.1, 0.15) is 47.9 Å². The standard InChI is InChI=1S/C24H27N5O/c1-2-9-20-28-21-22(18-13-5-6-14-19(18)27-23(21)25)29(20)15-8-7-11-16-10-3-4-12-17(16)24(26)30/h3-6,10,12-14H,2,7-9,11,15H2,1H3,(H2,25,27)(H2,26,30). The first-order valence-corrected chi connectivity index (χ1v) is 10.5. The van der Waals surface area contributed by atoms with Crippen LogP contribution in [0, 0.1) is 0 Å². The Morgan fingerprint density at radius 3 is 2.57 bits per heavy atom. The zero-order chi connectivity index (χ0) is 21.1. The third-order valence-corrected chi connectivity index (χ3v) is 5.52. The lowest BCUT2D eigenvalue weighted by molar-refractivity contribution is 0.0999. The molecule has 4 aromatic rings. The van der Waals surface area contributed by atoms with E-state index in [1.54, 1.807) is 6.07 Å². The zero-order valence-electron chi connectivity index (χ0n) is 17.3. The molecule has 0 aliphatic rings. The first-order valence-electron chi connectivity index (χ1n) is 10.5. The van der Waals surface area contributed by atoms with Crippen LogP contribution < -0.4 is 11.5 Å². The second-order valence-corrected chi connectivity index (χ2v) is 7.62. The number of para-hydroxylation sites is 1. The quantitative estimate of drug-likeness (QED) is 0.431. The Kier molecular flexibility index (Phi) is 5.65. The number of carbonyl (C=O) groups excluding carboxylic acids is 1. The minimum Gasteiger partial charge on any atom is -0.382 e. The molecular weight excluding hydrogens is 374 g/mol. The number of nitrogens with two attached hydrogens (primary N) is 2. The fourth-order valence-corrected chi connectivity index (χ4v) is 4.12. The monoisotopic (exact) mass is 401 g/mol. The Morgan fingerprint density at radius 2 is 1.77 bits per heavy atom. The molecule has 0 fully saturated rings. The number of primary amides is 1. The highest BCUT2D eigenvalue weighted by Crippen LogP contribution is 2.29. The molecule has 2 aromatic carbocycles. The minimum absolute atomic E-state index is 0.370. The van der Waals surface area contributed by atoms with Gasteiger partial charge in [0.05, 0.1) is 11.0 Å². The van der Waals surface area contributed by atoms with Crippen LogP contribution in [0.25, 0.3) is 21.9 Å². The van der Waals surface area contributed by atoms with Crippen LogP contribution in [0.4, 0.5) is 5.82 Å². The molecule has 0 saturated carbocycles. The first-order chi connectivity index (χ1) is 14.6. The van der Waals surface area contributed by atoms with Crippen molar-refractivity contribution in [2.45, 2.75) is 45.6 Å². The summed E-state index contributed by atoms with van der Waals surface area (Å²) in [5, 5.41) is 1.08. The van der Waals surface area contributed by atoms with Gasteiger partial charge in [-0.05, 0) is 43.4 Å². The molecule has 0 aliphatic carbocycles. The van der Waals surface area contributed by atoms with Crippen LogP contribution in [-0.2, 0) is 19.4 Å². The molecule has 6 nitrogen and oxygen atoms in total. The number of benzene rings is 2. The van der Waals surface area contributed by atoms with E-state index in [9.17, 15) is 4.79 Å². The predicted molar refractivity (Wildman–Crippen MR) is 121 cm³/mol. The maximum absolute atomic E-state index is 11.7. The van der Waals surface area contributed by atoms with E-state index in [1.165, 1.54) is 0 Å². The molecule has 0 aliphatic heterocycles. The van der Waals surface area contributed by atoms with Gasteiger partial charge in [-0.15, -0.1) is 0 Å². The van der Waals surface area contributed by atoms with E-state index in [-0.39, 0.29) is 5.91 Å². The third-order valence-electron chi connectivity index (χ3n) is 5.52. The van der Waals surface area contributed by atoms with Crippen LogP contribution in [0.5, 0.6) is 0 Å². The molecule has 6 heteroatoms. The maximum Gasteiger partial charge on any atom is 0.248 e. The van der Waals surface area contributed by atoms with Gasteiger partial charge >= 0.3 is 0 Å². The molecule has 2 heterocycles. The average Bonchev–Trinajstić information content (AvgIpc) is 3.11. The number of aromatic nitrogens is 3. The summed E-state index contributed by atoms with van der Waals surface area (Å²) in [6.45, 7) is 3.00. The minimum atomic E-state index is -0.370. The van der Waals surface area contributed by atoms with Crippen molar-refractivity contribution < 1.29 is 4.79 Å². The zero-order valence-corrected chi connectivity index (χ0v) is 17.3. The Hall–Kier alpha value is -3.41. The van der Waals surface area contributed by atoms with Crippen molar-refractivity contribution >= 4 is 33.7 Å². The van der Waals surface area contributed by atoms with Crippen LogP contribution >= 0.6 is 0 Å². The Labute approximate surface area is 175 Å². The van der Waals surface area contributed by atoms with Gasteiger partial charge in [0, 0.05) is 23.9 Å². The molecule has 1 amide bonds. The number of pyridine rings is 1. The molecular formula is C24H27N5O. The molecule has 0 bridgehead atoms. The van der Waals surface area contributed by atoms with Gasteiger partial charge in [0.2, 0.25) is 5.91 Å². The number of anilines is 1. The van der Waals surface area contributed by atoms with Crippen molar-refractivity contribution in [3.63, 3.8) is 0 Å². The molecule has 0 saturated heterocycles. The summed E-state index contributed by atoms with van der Waals surface area (Å²) in [5.74, 6) is 1.16. The third kappa shape index (κ3) is 3.73. The number of carbonyl (C=O) groups is 1. The summed E-state index contributed by atoms with van der Waals surface area (Å²) in [5.41, 5.74) is 16.1. The van der Waals surface area contributed by atoms with Crippen molar-refractivity contribution in [1.82, 2.24) is 14.5 Å². The Morgan fingerprint density at radius 1 is 1.00 bits per heavy atom. The van der Waals surface area contributed by atoms with E-state index in [2.05, 4.69) is 22.5 Å². The fourth-order valence-electron chi connectivity index (χ4n) is 4.12. The molecule has 0 atom stereocenters. The van der Waals surface area contributed by atoms with Crippen LogP contribution in [0.2, 0.25) is 0 Å². The largest absolute Gasteiger partial charge is 0.382 e. The first kappa shape index (κ1) is 19.9. The number of rotatable bonds is 8. The van der Waals surface area contributed by atoms with Crippen molar-refractivity contribution in [3.05, 3.63) is 65.5 Å². The number of hydrogen-bond donors (Lipinski definition) is 2. The Bertz CT molecular complexity index is 1210. The lowest BCUT2D eigenvalue weighted by Crippen LogP contribution is -2.13. The number of fused-ring (bicyclic) bond motifs is 3. The second kappa shape index (κ2) is 8.53. The van der Waals surface area contributed by atoms with Crippen LogP contribution in [0.15, 0.2) is 48.5 Å². The summed E-state index contributed by atoms with van der Waals surface area (Å²) in [4.78, 5) is 21.0. The van der Waals surface area contributed by atoms with E-state index in [0.717, 1.165) is 72.0 Å². The predicted octanol–water partition coefficient (Wildman–Crippen LogP) is 4.24. The highest BCUT2D eigenvalue weighted by atomic mass is 16.1. The number of nitrogen functional groups attached to an aromatic ring is 1. The highest BCUT2D eigenvalue weighted by Gasteiger charge is 2.16. The summed E-state index contributed by atoms with van der Waals surface area (Å²) in [6, 6.07) is 15.6. The van der Waals surface area contributed by atoms with E-state index in [0.29, 0.717) is 11.4 Å². The smallest absolute Gasteiger partial charge is 0.248 e. The second-order valence-electron chi connectivity index (χ2n) is 7.62. The van der Waals surface area contributed by atoms with Gasteiger partial charge in [-0.1, -0.05) is 43.3 Å². The van der Waals surface area contributed by atoms with Crippen LogP contribution in [0.3, 0.4) is 0 Å². The highest BCUT2D eigenvalue weighted by molar-refractivity contribution is 6.06. The van der Waals surface area contributed by atoms with E-state index >= 15 is 0 Å². The number of nitrogens with zero attached hydrogens (tertiary/aromatic N) is 3. The summed E-state index contributed by atoms with van der Waals surface area (Å²) in [7, 11) is 0. The Balaban J connectivity index is 1.62. The summed E-state index contributed by atoms with van der Waals surface area (Å²) in [6.07, 6.45) is 4.65. The molecule has 2 aromatic heterocycles. The molecule has 4 rings (SSSR count). The lowest BCUT2D eigenvalue weighted by Gasteiger charge is -2.11. The van der Waals surface area contributed by atoms with Gasteiger partial charge in [0.15, 0.2) is 5.82 Å². The molecule has 0 unspecified atom stereocenters. The molecule has 4 N–H and O–H groups in total. The summed E-state index contributed by atoms with van der Waals surface area (Å²) < 4.78 is 2.30. The van der Waals surface area contributed by atoms with E-state index in [4.69, 9.17) is 16.5 Å². The van der Waals surface area contributed by atoms with Gasteiger partial charge in [0.1, 0.15) is 11.3 Å². The normalized spacial score (nSPS) is 11.4. The molecule has 0 radical (unpaired) electrons. The maximum atomic E-state index is 11.7. The number of imidazole rings is 1.